The fourth-order valence-electron chi connectivity index (χ4n) is 6.24. The molecule has 2 aliphatic carbocycles. The lowest BCUT2D eigenvalue weighted by molar-refractivity contribution is -0.141. The van der Waals surface area contributed by atoms with Gasteiger partial charge in [0.15, 0.2) is 6.61 Å². The van der Waals surface area contributed by atoms with E-state index in [0.717, 1.165) is 69.8 Å². The van der Waals surface area contributed by atoms with Crippen molar-refractivity contribution in [2.75, 3.05) is 13.2 Å². The molecular formula is C34H57N3O9. The zero-order chi connectivity index (χ0) is 34.6. The molecule has 1 aromatic rings. The Morgan fingerprint density at radius 2 is 1.74 bits per heavy atom. The van der Waals surface area contributed by atoms with Crippen LogP contribution in [0.2, 0.25) is 0 Å². The smallest absolute Gasteiger partial charge is 0.341 e. The number of aliphatic hydroxyl groups excluding tert-OH is 2. The van der Waals surface area contributed by atoms with Crippen molar-refractivity contribution in [3.8, 4) is 5.75 Å². The van der Waals surface area contributed by atoms with Crippen molar-refractivity contribution in [2.45, 2.75) is 122 Å². The maximum atomic E-state index is 10.8. The van der Waals surface area contributed by atoms with Crippen LogP contribution in [0.1, 0.15) is 103 Å². The van der Waals surface area contributed by atoms with Gasteiger partial charge in [0.05, 0.1) is 24.7 Å². The van der Waals surface area contributed by atoms with Gasteiger partial charge in [0.1, 0.15) is 11.8 Å². The number of hydrogen-bond donors (Lipinski definition) is 7. The number of ether oxygens (including phenoxy) is 2. The Morgan fingerprint density at radius 1 is 1.04 bits per heavy atom. The van der Waals surface area contributed by atoms with E-state index in [9.17, 15) is 24.6 Å². The Hall–Kier alpha value is -3.22. The predicted molar refractivity (Wildman–Crippen MR) is 176 cm³/mol. The SMILES string of the molecule is CCCCC[C@H](O)CC[C@@H]1[C@H]2Cc3cccc(OCC(=O)O)c3C[C@H]2C[C@H]1O.CCOC(C)=O.N=C(N)CCCC[C@H](N)C(=O)O. The van der Waals surface area contributed by atoms with Gasteiger partial charge in [-0.15, -0.1) is 0 Å². The molecular weight excluding hydrogens is 594 g/mol. The summed E-state index contributed by atoms with van der Waals surface area (Å²) in [5.74, 6) is -0.279. The highest BCUT2D eigenvalue weighted by Gasteiger charge is 2.44. The quantitative estimate of drug-likeness (QED) is 0.0550. The second-order valence-electron chi connectivity index (χ2n) is 12.2. The summed E-state index contributed by atoms with van der Waals surface area (Å²) in [6.45, 7) is 5.49. The number of amidine groups is 1. The lowest BCUT2D eigenvalue weighted by Crippen LogP contribution is -2.29. The van der Waals surface area contributed by atoms with E-state index >= 15 is 0 Å². The van der Waals surface area contributed by atoms with Crippen LogP contribution in [0.25, 0.3) is 0 Å². The van der Waals surface area contributed by atoms with Crippen molar-refractivity contribution < 1.29 is 44.3 Å². The molecule has 12 nitrogen and oxygen atoms in total. The summed E-state index contributed by atoms with van der Waals surface area (Å²) < 4.78 is 9.90. The minimum absolute atomic E-state index is 0.138. The van der Waals surface area contributed by atoms with E-state index in [-0.39, 0.29) is 36.5 Å². The summed E-state index contributed by atoms with van der Waals surface area (Å²) in [4.78, 5) is 30.9. The van der Waals surface area contributed by atoms with E-state index in [1.54, 1.807) is 6.92 Å². The fourth-order valence-corrected chi connectivity index (χ4v) is 6.24. The highest BCUT2D eigenvalue weighted by Crippen LogP contribution is 2.48. The number of esters is 1. The lowest BCUT2D eigenvalue weighted by atomic mass is 9.73. The third-order valence-electron chi connectivity index (χ3n) is 8.55. The molecule has 1 aromatic carbocycles. The van der Waals surface area contributed by atoms with Gasteiger partial charge in [-0.3, -0.25) is 15.0 Å². The average Bonchev–Trinajstić information content (AvgIpc) is 3.29. The molecule has 0 radical (unpaired) electrons. The van der Waals surface area contributed by atoms with E-state index in [1.165, 1.54) is 12.5 Å². The van der Waals surface area contributed by atoms with Crippen molar-refractivity contribution in [1.29, 1.82) is 5.41 Å². The molecule has 1 fully saturated rings. The molecule has 2 aliphatic rings. The number of nitrogens with two attached hydrogens (primary N) is 2. The monoisotopic (exact) mass is 651 g/mol. The maximum absolute atomic E-state index is 10.8. The number of aliphatic carboxylic acids is 2. The number of nitrogens with one attached hydrogen (secondary N) is 1. The van der Waals surface area contributed by atoms with Crippen LogP contribution in [0.5, 0.6) is 5.75 Å². The van der Waals surface area contributed by atoms with Crippen LogP contribution in [0, 0.1) is 23.2 Å². The van der Waals surface area contributed by atoms with Crippen LogP contribution >= 0.6 is 0 Å². The molecule has 0 unspecified atom stereocenters. The molecule has 0 spiro atoms. The van der Waals surface area contributed by atoms with E-state index < -0.39 is 18.0 Å². The van der Waals surface area contributed by atoms with Crippen molar-refractivity contribution in [2.24, 2.45) is 29.2 Å². The molecule has 0 saturated heterocycles. The Morgan fingerprint density at radius 3 is 2.30 bits per heavy atom. The average molecular weight is 652 g/mol. The first-order valence-corrected chi connectivity index (χ1v) is 16.6. The van der Waals surface area contributed by atoms with Crippen molar-refractivity contribution in [3.63, 3.8) is 0 Å². The van der Waals surface area contributed by atoms with E-state index in [1.807, 2.05) is 12.1 Å². The predicted octanol–water partition coefficient (Wildman–Crippen LogP) is 4.05. The summed E-state index contributed by atoms with van der Waals surface area (Å²) in [5, 5.41) is 45.1. The third kappa shape index (κ3) is 15.9. The number of benzene rings is 1. The molecule has 0 amide bonds. The molecule has 262 valence electrons. The van der Waals surface area contributed by atoms with Gasteiger partial charge in [-0.1, -0.05) is 44.7 Å². The Kier molecular flexibility index (Phi) is 19.8. The largest absolute Gasteiger partial charge is 0.482 e. The first-order chi connectivity index (χ1) is 21.8. The molecule has 0 aliphatic heterocycles. The minimum atomic E-state index is -0.974. The molecule has 0 bridgehead atoms. The zero-order valence-electron chi connectivity index (χ0n) is 27.8. The number of fused-ring (bicyclic) bond motifs is 2. The van der Waals surface area contributed by atoms with Crippen LogP contribution < -0.4 is 16.2 Å². The summed E-state index contributed by atoms with van der Waals surface area (Å²) in [6, 6.07) is 5.09. The Balaban J connectivity index is 0.000000486. The highest BCUT2D eigenvalue weighted by molar-refractivity contribution is 5.76. The van der Waals surface area contributed by atoms with Gasteiger partial charge in [0.25, 0.3) is 0 Å². The van der Waals surface area contributed by atoms with Gasteiger partial charge in [-0.05, 0) is 93.2 Å². The van der Waals surface area contributed by atoms with Crippen LogP contribution in [-0.4, -0.2) is 75.6 Å². The number of rotatable bonds is 17. The van der Waals surface area contributed by atoms with Crippen LogP contribution in [0.3, 0.4) is 0 Å². The molecule has 6 atom stereocenters. The number of carboxylic acid groups (broad SMARTS) is 2. The number of aliphatic hydroxyl groups is 2. The number of carbonyl (C=O) groups excluding carboxylic acids is 1. The molecule has 3 rings (SSSR count). The van der Waals surface area contributed by atoms with E-state index in [0.29, 0.717) is 43.5 Å². The van der Waals surface area contributed by atoms with Crippen molar-refractivity contribution >= 4 is 23.7 Å². The van der Waals surface area contributed by atoms with Crippen LogP contribution in [0.4, 0.5) is 0 Å². The molecule has 46 heavy (non-hydrogen) atoms. The lowest BCUT2D eigenvalue weighted by Gasteiger charge is -2.32. The van der Waals surface area contributed by atoms with Crippen LogP contribution in [0.15, 0.2) is 18.2 Å². The number of hydrogen-bond acceptors (Lipinski definition) is 9. The topological polar surface area (TPSA) is 226 Å². The Bertz CT molecular complexity index is 1080. The standard InChI is InChI=1S/C23H34O5.C7H15N3O2.C4H8O2/c1-2-3-4-7-17(24)9-10-18-19-11-15-6-5-8-22(28-14-23(26)27)20(15)12-16(19)13-21(18)25;8-5(7(11)12)3-1-2-4-6(9)10;1-3-6-4(2)5/h5-6,8,16-19,21,24-25H,2-4,7,9-14H2,1H3,(H,26,27);5H,1-4,8H2,(H3,9,10)(H,11,12);3H2,1-2H3/t16-,17-,18+,19-,21+;5-;/m00./s1. The maximum Gasteiger partial charge on any atom is 0.341 e. The van der Waals surface area contributed by atoms with Crippen LogP contribution in [-0.2, 0) is 32.0 Å². The molecule has 0 heterocycles. The van der Waals surface area contributed by atoms with Gasteiger partial charge >= 0.3 is 17.9 Å². The second kappa shape index (κ2) is 22.3. The van der Waals surface area contributed by atoms with Crippen molar-refractivity contribution in [1.82, 2.24) is 0 Å². The first-order valence-electron chi connectivity index (χ1n) is 16.6. The van der Waals surface area contributed by atoms with Gasteiger partial charge in [-0.25, -0.2) is 4.79 Å². The summed E-state index contributed by atoms with van der Waals surface area (Å²) >= 11 is 0. The van der Waals surface area contributed by atoms with Gasteiger partial charge in [0, 0.05) is 13.3 Å². The molecule has 1 saturated carbocycles. The minimum Gasteiger partial charge on any atom is -0.482 e. The number of unbranched alkanes of at least 4 members (excludes halogenated alkanes) is 3. The molecule has 9 N–H and O–H groups in total. The zero-order valence-corrected chi connectivity index (χ0v) is 27.8. The molecule has 0 aromatic heterocycles. The van der Waals surface area contributed by atoms with Gasteiger partial charge < -0.3 is 41.4 Å². The Labute approximate surface area is 273 Å². The third-order valence-corrected chi connectivity index (χ3v) is 8.55. The second-order valence-corrected chi connectivity index (χ2v) is 12.2. The van der Waals surface area contributed by atoms with E-state index in [2.05, 4.69) is 17.7 Å². The summed E-state index contributed by atoms with van der Waals surface area (Å²) in [5.41, 5.74) is 12.7. The van der Waals surface area contributed by atoms with Gasteiger partial charge in [0.2, 0.25) is 0 Å². The van der Waals surface area contributed by atoms with E-state index in [4.69, 9.17) is 31.8 Å². The normalized spacial score (nSPS) is 20.7. The van der Waals surface area contributed by atoms with Gasteiger partial charge in [-0.2, -0.15) is 0 Å². The summed E-state index contributed by atoms with van der Waals surface area (Å²) in [6.07, 6.45) is 10.3. The highest BCUT2D eigenvalue weighted by atomic mass is 16.5. The summed E-state index contributed by atoms with van der Waals surface area (Å²) in [7, 11) is 0. The fraction of sp³-hybridized carbons (Fsp3) is 0.706. The number of carboxylic acids is 2. The number of carbonyl (C=O) groups is 3. The van der Waals surface area contributed by atoms with Crippen molar-refractivity contribution in [3.05, 3.63) is 29.3 Å². The molecule has 12 heteroatoms. The first kappa shape index (κ1) is 40.8.